The van der Waals surface area contributed by atoms with E-state index in [0.717, 1.165) is 6.42 Å². The predicted octanol–water partition coefficient (Wildman–Crippen LogP) is 7.99. The van der Waals surface area contributed by atoms with E-state index in [1.807, 2.05) is 0 Å². The van der Waals surface area contributed by atoms with Gasteiger partial charge in [0.15, 0.2) is 0 Å². The molecule has 0 nitrogen and oxygen atoms in total. The maximum absolute atomic E-state index is 2.42. The third-order valence-corrected chi connectivity index (χ3v) is 5.81. The van der Waals surface area contributed by atoms with Gasteiger partial charge in [-0.2, -0.15) is 0 Å². The number of hydrogen-bond donors (Lipinski definition) is 0. The van der Waals surface area contributed by atoms with Crippen molar-refractivity contribution in [3.8, 4) is 0 Å². The van der Waals surface area contributed by atoms with E-state index in [2.05, 4.69) is 52.8 Å². The van der Waals surface area contributed by atoms with Crippen LogP contribution in [0.3, 0.4) is 0 Å². The molecule has 0 atom stereocenters. The lowest BCUT2D eigenvalue weighted by molar-refractivity contribution is 0.745. The van der Waals surface area contributed by atoms with Crippen LogP contribution < -0.4 is 0 Å². The van der Waals surface area contributed by atoms with Crippen LogP contribution in [-0.2, 0) is 32.1 Å². The summed E-state index contributed by atoms with van der Waals surface area (Å²) in [5.41, 5.74) is 8.39. The van der Waals surface area contributed by atoms with E-state index in [-0.39, 0.29) is 0 Å². The van der Waals surface area contributed by atoms with Gasteiger partial charge in [0.2, 0.25) is 0 Å². The Balaban J connectivity index is 2.86. The van der Waals surface area contributed by atoms with Crippen LogP contribution in [0.5, 0.6) is 0 Å². The molecular weight excluding hydrogens is 312 g/mol. The quantitative estimate of drug-likeness (QED) is 0.384. The van der Waals surface area contributed by atoms with Gasteiger partial charge in [-0.25, -0.2) is 0 Å². The van der Waals surface area contributed by atoms with Crippen molar-refractivity contribution in [3.05, 3.63) is 46.0 Å². The number of fused-ring (bicyclic) bond motifs is 1. The lowest BCUT2D eigenvalue weighted by atomic mass is 9.80. The highest BCUT2D eigenvalue weighted by molar-refractivity contribution is 5.94. The van der Waals surface area contributed by atoms with Crippen LogP contribution in [0.25, 0.3) is 10.8 Å². The molecule has 144 valence electrons. The minimum absolute atomic E-state index is 1.14. The van der Waals surface area contributed by atoms with Crippen molar-refractivity contribution in [3.63, 3.8) is 0 Å². The molecule has 0 heterocycles. The summed E-state index contributed by atoms with van der Waals surface area (Å²) in [4.78, 5) is 0. The first-order valence-electron chi connectivity index (χ1n) is 11.3. The van der Waals surface area contributed by atoms with Crippen molar-refractivity contribution in [2.75, 3.05) is 0 Å². The van der Waals surface area contributed by atoms with Crippen molar-refractivity contribution < 1.29 is 0 Å². The molecule has 0 aliphatic carbocycles. The molecule has 0 N–H and O–H groups in total. The van der Waals surface area contributed by atoms with Crippen LogP contribution in [-0.4, -0.2) is 0 Å². The first-order valence-corrected chi connectivity index (χ1v) is 11.3. The second kappa shape index (κ2) is 10.8. The zero-order valence-electron chi connectivity index (χ0n) is 18.0. The molecule has 0 aromatic heterocycles. The molecule has 0 aliphatic heterocycles. The molecule has 2 rings (SSSR count). The maximum Gasteiger partial charge on any atom is -0.0114 e. The van der Waals surface area contributed by atoms with E-state index in [1.165, 1.54) is 64.2 Å². The maximum atomic E-state index is 2.42. The number of aryl methyl sites for hydroxylation is 3. The summed E-state index contributed by atoms with van der Waals surface area (Å²) >= 11 is 0. The second-order valence-corrected chi connectivity index (χ2v) is 7.81. The lowest BCUT2D eigenvalue weighted by Crippen LogP contribution is -2.09. The zero-order chi connectivity index (χ0) is 18.9. The predicted molar refractivity (Wildman–Crippen MR) is 119 cm³/mol. The summed E-state index contributed by atoms with van der Waals surface area (Å²) in [7, 11) is 0. The highest BCUT2D eigenvalue weighted by Gasteiger charge is 2.19. The molecule has 0 amide bonds. The molecule has 2 aromatic carbocycles. The highest BCUT2D eigenvalue weighted by Crippen LogP contribution is 2.36. The topological polar surface area (TPSA) is 0 Å². The monoisotopic (exact) mass is 352 g/mol. The Kier molecular flexibility index (Phi) is 8.69. The smallest absolute Gasteiger partial charge is 0.0114 e. The fourth-order valence-electron chi connectivity index (χ4n) is 4.55. The molecular formula is C26H40. The standard InChI is InChI=1S/C26H40/c1-6-11-17-22-21(14-8-3)24(15-9-4)26-20(10-5)16-13-19-25(26)23(22)18-12-7-2/h13,16,19H,6-12,14-15,17-18H2,1-5H3. The number of unbranched alkanes of at least 4 members (excludes halogenated alkanes) is 2. The van der Waals surface area contributed by atoms with E-state index < -0.39 is 0 Å². The molecule has 0 fully saturated rings. The van der Waals surface area contributed by atoms with Gasteiger partial charge in [0.1, 0.15) is 0 Å². The van der Waals surface area contributed by atoms with Gasteiger partial charge in [0.05, 0.1) is 0 Å². The van der Waals surface area contributed by atoms with Gasteiger partial charge in [-0.15, -0.1) is 0 Å². The summed E-state index contributed by atoms with van der Waals surface area (Å²) in [5.74, 6) is 0. The summed E-state index contributed by atoms with van der Waals surface area (Å²) < 4.78 is 0. The molecule has 0 radical (unpaired) electrons. The largest absolute Gasteiger partial charge is 0.0654 e. The highest BCUT2D eigenvalue weighted by atomic mass is 14.2. The average molecular weight is 353 g/mol. The van der Waals surface area contributed by atoms with Crippen LogP contribution in [0.15, 0.2) is 18.2 Å². The van der Waals surface area contributed by atoms with Gasteiger partial charge in [-0.1, -0.05) is 78.5 Å². The molecule has 26 heavy (non-hydrogen) atoms. The Labute approximate surface area is 162 Å². The minimum Gasteiger partial charge on any atom is -0.0654 e. The Morgan fingerprint density at radius 1 is 0.577 bits per heavy atom. The summed E-state index contributed by atoms with van der Waals surface area (Å²) in [6, 6.07) is 7.09. The SMILES string of the molecule is CCCCc1c(CCC)c(CCC)c2c(CC)cccc2c1CCCC. The van der Waals surface area contributed by atoms with Gasteiger partial charge < -0.3 is 0 Å². The van der Waals surface area contributed by atoms with E-state index in [4.69, 9.17) is 0 Å². The van der Waals surface area contributed by atoms with Gasteiger partial charge in [0, 0.05) is 0 Å². The van der Waals surface area contributed by atoms with Crippen molar-refractivity contribution >= 4 is 10.8 Å². The molecule has 0 spiro atoms. The molecule has 0 bridgehead atoms. The summed E-state index contributed by atoms with van der Waals surface area (Å²) in [6.45, 7) is 11.7. The molecule has 0 aliphatic rings. The minimum atomic E-state index is 1.14. The van der Waals surface area contributed by atoms with Crippen molar-refractivity contribution in [2.45, 2.75) is 105 Å². The normalized spacial score (nSPS) is 11.4. The van der Waals surface area contributed by atoms with E-state index in [0.29, 0.717) is 0 Å². The Morgan fingerprint density at radius 2 is 1.15 bits per heavy atom. The van der Waals surface area contributed by atoms with Crippen LogP contribution in [0.1, 0.15) is 101 Å². The van der Waals surface area contributed by atoms with Crippen molar-refractivity contribution in [1.29, 1.82) is 0 Å². The fraction of sp³-hybridized carbons (Fsp3) is 0.615. The fourth-order valence-corrected chi connectivity index (χ4v) is 4.55. The van der Waals surface area contributed by atoms with E-state index >= 15 is 0 Å². The molecule has 0 saturated carbocycles. The number of rotatable bonds is 11. The van der Waals surface area contributed by atoms with Gasteiger partial charge in [-0.05, 0) is 83.5 Å². The third kappa shape index (κ3) is 4.51. The van der Waals surface area contributed by atoms with Gasteiger partial charge in [-0.3, -0.25) is 0 Å². The first kappa shape index (κ1) is 21.0. The number of hydrogen-bond acceptors (Lipinski definition) is 0. The Morgan fingerprint density at radius 3 is 1.73 bits per heavy atom. The van der Waals surface area contributed by atoms with Crippen molar-refractivity contribution in [1.82, 2.24) is 0 Å². The molecule has 0 unspecified atom stereocenters. The van der Waals surface area contributed by atoms with E-state index in [9.17, 15) is 0 Å². The summed E-state index contributed by atoms with van der Waals surface area (Å²) in [5, 5.41) is 3.19. The molecule has 2 aromatic rings. The van der Waals surface area contributed by atoms with Crippen LogP contribution in [0.4, 0.5) is 0 Å². The van der Waals surface area contributed by atoms with Gasteiger partial charge >= 0.3 is 0 Å². The van der Waals surface area contributed by atoms with Crippen LogP contribution in [0.2, 0.25) is 0 Å². The molecule has 0 heteroatoms. The third-order valence-electron chi connectivity index (χ3n) is 5.81. The summed E-state index contributed by atoms with van der Waals surface area (Å²) in [6.07, 6.45) is 13.8. The Hall–Kier alpha value is -1.30. The first-order chi connectivity index (χ1) is 12.7. The number of benzene rings is 2. The Bertz CT molecular complexity index is 693. The van der Waals surface area contributed by atoms with Crippen molar-refractivity contribution in [2.24, 2.45) is 0 Å². The van der Waals surface area contributed by atoms with Gasteiger partial charge in [0.25, 0.3) is 0 Å². The second-order valence-electron chi connectivity index (χ2n) is 7.81. The van der Waals surface area contributed by atoms with Crippen LogP contribution in [0, 0.1) is 0 Å². The van der Waals surface area contributed by atoms with Crippen LogP contribution >= 0.6 is 0 Å². The molecule has 0 saturated heterocycles. The average Bonchev–Trinajstić information content (AvgIpc) is 2.66. The zero-order valence-corrected chi connectivity index (χ0v) is 18.0. The lowest BCUT2D eigenvalue weighted by Gasteiger charge is -2.24. The van der Waals surface area contributed by atoms with E-state index in [1.54, 1.807) is 38.6 Å².